The molecule has 2 heterocycles. The van der Waals surface area contributed by atoms with Gasteiger partial charge in [-0.1, -0.05) is 12.1 Å². The third-order valence-electron chi connectivity index (χ3n) is 4.19. The number of benzene rings is 1. The van der Waals surface area contributed by atoms with Gasteiger partial charge in [0, 0.05) is 43.3 Å². The van der Waals surface area contributed by atoms with Crippen LogP contribution in [0.1, 0.15) is 35.3 Å². The van der Waals surface area contributed by atoms with Gasteiger partial charge in [-0.15, -0.1) is 12.3 Å². The molecule has 0 unspecified atom stereocenters. The molecule has 1 amide bonds. The zero-order chi connectivity index (χ0) is 18.2. The van der Waals surface area contributed by atoms with Gasteiger partial charge in [-0.3, -0.25) is 9.78 Å². The van der Waals surface area contributed by atoms with E-state index in [0.29, 0.717) is 31.5 Å². The van der Waals surface area contributed by atoms with Gasteiger partial charge in [0.05, 0.1) is 12.2 Å². The standard InChI is InChI=1S/C20H21N5O/c1-2-3-10-20(24-25-20)11-13-22-19(26)16-7-6-9-17(14-16)23-15-18-8-4-5-12-21-18/h1,4-9,12,14,23H,3,10-11,13,15H2,(H,22,26). The highest BCUT2D eigenvalue weighted by Crippen LogP contribution is 2.36. The number of amides is 1. The maximum atomic E-state index is 12.3. The maximum absolute atomic E-state index is 12.3. The van der Waals surface area contributed by atoms with Crippen molar-refractivity contribution in [3.63, 3.8) is 0 Å². The largest absolute Gasteiger partial charge is 0.379 e. The molecule has 2 N–H and O–H groups in total. The van der Waals surface area contributed by atoms with Crippen LogP contribution < -0.4 is 10.6 Å². The van der Waals surface area contributed by atoms with Crippen molar-refractivity contribution >= 4 is 11.6 Å². The van der Waals surface area contributed by atoms with Gasteiger partial charge < -0.3 is 10.6 Å². The summed E-state index contributed by atoms with van der Waals surface area (Å²) in [4.78, 5) is 16.6. The minimum absolute atomic E-state index is 0.112. The summed E-state index contributed by atoms with van der Waals surface area (Å²) in [5, 5.41) is 14.3. The predicted octanol–water partition coefficient (Wildman–Crippen LogP) is 3.39. The predicted molar refractivity (Wildman–Crippen MR) is 101 cm³/mol. The molecule has 0 atom stereocenters. The Balaban J connectivity index is 1.48. The Labute approximate surface area is 153 Å². The number of carbonyl (C=O) groups is 1. The normalized spacial score (nSPS) is 13.7. The summed E-state index contributed by atoms with van der Waals surface area (Å²) in [7, 11) is 0. The third kappa shape index (κ3) is 4.90. The summed E-state index contributed by atoms with van der Waals surface area (Å²) < 4.78 is 0. The molecule has 0 fully saturated rings. The van der Waals surface area contributed by atoms with Crippen molar-refractivity contribution in [1.82, 2.24) is 10.3 Å². The first-order chi connectivity index (χ1) is 12.7. The number of terminal acetylenes is 1. The summed E-state index contributed by atoms with van der Waals surface area (Å²) in [6.45, 7) is 1.12. The lowest BCUT2D eigenvalue weighted by atomic mass is 10.0. The Morgan fingerprint density at radius 1 is 1.15 bits per heavy atom. The molecular weight excluding hydrogens is 326 g/mol. The molecule has 0 radical (unpaired) electrons. The minimum Gasteiger partial charge on any atom is -0.379 e. The number of aromatic nitrogens is 1. The Morgan fingerprint density at radius 3 is 2.77 bits per heavy atom. The van der Waals surface area contributed by atoms with Gasteiger partial charge in [0.15, 0.2) is 5.66 Å². The fourth-order valence-electron chi connectivity index (χ4n) is 2.61. The molecule has 2 aromatic rings. The monoisotopic (exact) mass is 347 g/mol. The number of carbonyl (C=O) groups excluding carboxylic acids is 1. The molecule has 0 spiro atoms. The van der Waals surface area contributed by atoms with E-state index in [4.69, 9.17) is 6.42 Å². The number of hydrogen-bond acceptors (Lipinski definition) is 5. The zero-order valence-corrected chi connectivity index (χ0v) is 14.5. The molecule has 0 aliphatic carbocycles. The van der Waals surface area contributed by atoms with E-state index in [-0.39, 0.29) is 11.6 Å². The van der Waals surface area contributed by atoms with Crippen LogP contribution in [0.25, 0.3) is 0 Å². The molecule has 0 saturated heterocycles. The van der Waals surface area contributed by atoms with Crippen LogP contribution in [0.2, 0.25) is 0 Å². The van der Waals surface area contributed by atoms with Gasteiger partial charge in [-0.25, -0.2) is 0 Å². The highest BCUT2D eigenvalue weighted by atomic mass is 16.1. The van der Waals surface area contributed by atoms with E-state index >= 15 is 0 Å². The van der Waals surface area contributed by atoms with Crippen LogP contribution in [0.15, 0.2) is 58.9 Å². The fraction of sp³-hybridized carbons (Fsp3) is 0.300. The molecule has 1 aliphatic heterocycles. The van der Waals surface area contributed by atoms with Crippen LogP contribution in [0.5, 0.6) is 0 Å². The van der Waals surface area contributed by atoms with Crippen molar-refractivity contribution in [2.24, 2.45) is 10.2 Å². The molecule has 0 bridgehead atoms. The van der Waals surface area contributed by atoms with E-state index in [0.717, 1.165) is 17.8 Å². The summed E-state index contributed by atoms with van der Waals surface area (Å²) in [5.74, 6) is 2.49. The van der Waals surface area contributed by atoms with Gasteiger partial charge in [0.25, 0.3) is 5.91 Å². The Bertz CT molecular complexity index is 820. The van der Waals surface area contributed by atoms with Gasteiger partial charge >= 0.3 is 0 Å². The van der Waals surface area contributed by atoms with Crippen molar-refractivity contribution < 1.29 is 4.79 Å². The van der Waals surface area contributed by atoms with E-state index in [1.54, 1.807) is 12.3 Å². The van der Waals surface area contributed by atoms with E-state index in [2.05, 4.69) is 31.8 Å². The SMILES string of the molecule is C#CCCC1(CCNC(=O)c2cccc(NCc3ccccn3)c2)N=N1. The summed E-state index contributed by atoms with van der Waals surface area (Å²) in [6, 6.07) is 13.2. The molecule has 6 heteroatoms. The van der Waals surface area contributed by atoms with Gasteiger partial charge in [-0.05, 0) is 30.3 Å². The van der Waals surface area contributed by atoms with Crippen molar-refractivity contribution in [2.75, 3.05) is 11.9 Å². The van der Waals surface area contributed by atoms with Crippen LogP contribution >= 0.6 is 0 Å². The smallest absolute Gasteiger partial charge is 0.251 e. The number of rotatable bonds is 9. The highest BCUT2D eigenvalue weighted by Gasteiger charge is 2.38. The molecule has 26 heavy (non-hydrogen) atoms. The number of hydrogen-bond donors (Lipinski definition) is 2. The lowest BCUT2D eigenvalue weighted by Crippen LogP contribution is -2.28. The lowest BCUT2D eigenvalue weighted by Gasteiger charge is -2.11. The number of nitrogens with one attached hydrogen (secondary N) is 2. The van der Waals surface area contributed by atoms with Gasteiger partial charge in [0.2, 0.25) is 0 Å². The first-order valence-electron chi connectivity index (χ1n) is 8.60. The third-order valence-corrected chi connectivity index (χ3v) is 4.19. The fourth-order valence-corrected chi connectivity index (χ4v) is 2.61. The van der Waals surface area contributed by atoms with Crippen molar-refractivity contribution in [2.45, 2.75) is 31.5 Å². The molecule has 1 aromatic heterocycles. The Hall–Kier alpha value is -3.20. The molecule has 6 nitrogen and oxygen atoms in total. The van der Waals surface area contributed by atoms with Crippen LogP contribution in [0.3, 0.4) is 0 Å². The summed E-state index contributed by atoms with van der Waals surface area (Å²) in [5.41, 5.74) is 2.06. The summed E-state index contributed by atoms with van der Waals surface area (Å²) in [6.07, 6.45) is 9.10. The molecular formula is C20H21N5O. The van der Waals surface area contributed by atoms with Gasteiger partial charge in [0.1, 0.15) is 0 Å². The second-order valence-electron chi connectivity index (χ2n) is 6.15. The highest BCUT2D eigenvalue weighted by molar-refractivity contribution is 5.95. The van der Waals surface area contributed by atoms with Crippen LogP contribution in [0.4, 0.5) is 5.69 Å². The average molecular weight is 347 g/mol. The van der Waals surface area contributed by atoms with Crippen LogP contribution in [-0.2, 0) is 6.54 Å². The second kappa shape index (κ2) is 8.26. The van der Waals surface area contributed by atoms with Crippen molar-refractivity contribution in [1.29, 1.82) is 0 Å². The minimum atomic E-state index is -0.369. The molecule has 3 rings (SSSR count). The summed E-state index contributed by atoms with van der Waals surface area (Å²) >= 11 is 0. The maximum Gasteiger partial charge on any atom is 0.251 e. The lowest BCUT2D eigenvalue weighted by molar-refractivity contribution is 0.0952. The Morgan fingerprint density at radius 2 is 2.04 bits per heavy atom. The van der Waals surface area contributed by atoms with E-state index in [1.807, 2.05) is 36.4 Å². The first kappa shape index (κ1) is 17.6. The number of pyridine rings is 1. The average Bonchev–Trinajstić information content (AvgIpc) is 3.46. The van der Waals surface area contributed by atoms with E-state index < -0.39 is 0 Å². The molecule has 1 aliphatic rings. The first-order valence-corrected chi connectivity index (χ1v) is 8.60. The van der Waals surface area contributed by atoms with Crippen LogP contribution in [0, 0.1) is 12.3 Å². The molecule has 132 valence electrons. The zero-order valence-electron chi connectivity index (χ0n) is 14.5. The topological polar surface area (TPSA) is 78.7 Å². The van der Waals surface area contributed by atoms with E-state index in [9.17, 15) is 4.79 Å². The van der Waals surface area contributed by atoms with E-state index in [1.165, 1.54) is 0 Å². The molecule has 1 aromatic carbocycles. The second-order valence-corrected chi connectivity index (χ2v) is 6.15. The Kier molecular flexibility index (Phi) is 5.59. The molecule has 0 saturated carbocycles. The number of nitrogens with zero attached hydrogens (tertiary/aromatic N) is 3. The van der Waals surface area contributed by atoms with Crippen molar-refractivity contribution in [3.05, 3.63) is 59.9 Å². The van der Waals surface area contributed by atoms with Gasteiger partial charge in [-0.2, -0.15) is 10.2 Å². The number of anilines is 1. The quantitative estimate of drug-likeness (QED) is 0.683. The van der Waals surface area contributed by atoms with Crippen LogP contribution in [-0.4, -0.2) is 23.1 Å². The van der Waals surface area contributed by atoms with Crippen molar-refractivity contribution in [3.8, 4) is 12.3 Å².